The lowest BCUT2D eigenvalue weighted by Gasteiger charge is -2.16. The number of likely N-dealkylation sites (N-methyl/N-ethyl adjacent to an activating group) is 1. The number of pyridine rings is 1. The van der Waals surface area contributed by atoms with Crippen LogP contribution in [-0.2, 0) is 13.0 Å². The first-order chi connectivity index (χ1) is 9.15. The van der Waals surface area contributed by atoms with Gasteiger partial charge < -0.3 is 10.6 Å². The van der Waals surface area contributed by atoms with Crippen LogP contribution in [0.15, 0.2) is 35.8 Å². The zero-order valence-corrected chi connectivity index (χ0v) is 12.5. The largest absolute Gasteiger partial charge is 0.388 e. The van der Waals surface area contributed by atoms with E-state index in [0.717, 1.165) is 19.5 Å². The third kappa shape index (κ3) is 4.38. The van der Waals surface area contributed by atoms with E-state index in [1.165, 1.54) is 10.4 Å². The summed E-state index contributed by atoms with van der Waals surface area (Å²) < 4.78 is 0. The average Bonchev–Trinajstić information content (AvgIpc) is 2.90. The Morgan fingerprint density at radius 3 is 3.00 bits per heavy atom. The predicted octanol–water partition coefficient (Wildman–Crippen LogP) is 2.45. The maximum Gasteiger partial charge on any atom is 0.122 e. The van der Waals surface area contributed by atoms with Crippen molar-refractivity contribution in [1.82, 2.24) is 9.88 Å². The fourth-order valence-electron chi connectivity index (χ4n) is 1.85. The van der Waals surface area contributed by atoms with Gasteiger partial charge in [-0.2, -0.15) is 0 Å². The van der Waals surface area contributed by atoms with Gasteiger partial charge in [0, 0.05) is 24.2 Å². The normalized spacial score (nSPS) is 10.8. The molecule has 0 amide bonds. The summed E-state index contributed by atoms with van der Waals surface area (Å²) in [4.78, 5) is 8.21. The Bertz CT molecular complexity index is 537. The van der Waals surface area contributed by atoms with Crippen LogP contribution in [0.1, 0.15) is 16.1 Å². The summed E-state index contributed by atoms with van der Waals surface area (Å²) in [5, 5.41) is 2.12. The Hall–Kier alpha value is -1.30. The van der Waals surface area contributed by atoms with Gasteiger partial charge in [-0.3, -0.25) is 4.98 Å². The monoisotopic (exact) mass is 291 g/mol. The van der Waals surface area contributed by atoms with E-state index in [9.17, 15) is 0 Å². The molecule has 0 radical (unpaired) electrons. The van der Waals surface area contributed by atoms with Crippen molar-refractivity contribution < 1.29 is 0 Å². The van der Waals surface area contributed by atoms with Crippen LogP contribution >= 0.6 is 23.6 Å². The van der Waals surface area contributed by atoms with Crippen molar-refractivity contribution in [2.45, 2.75) is 13.0 Å². The third-order valence-electron chi connectivity index (χ3n) is 2.85. The van der Waals surface area contributed by atoms with Crippen molar-refractivity contribution in [3.8, 4) is 0 Å². The van der Waals surface area contributed by atoms with E-state index in [-0.39, 0.29) is 0 Å². The fraction of sp³-hybridized carbons (Fsp3) is 0.286. The second-order valence-electron chi connectivity index (χ2n) is 4.48. The SMILES string of the molecule is CN(CCc1cccs1)Cc1ccnc(C(N)=S)c1. The fourth-order valence-corrected chi connectivity index (χ4v) is 2.66. The highest BCUT2D eigenvalue weighted by Gasteiger charge is 2.04. The third-order valence-corrected chi connectivity index (χ3v) is 3.99. The van der Waals surface area contributed by atoms with E-state index >= 15 is 0 Å². The van der Waals surface area contributed by atoms with Crippen molar-refractivity contribution in [2.24, 2.45) is 5.73 Å². The molecule has 0 saturated carbocycles. The molecule has 2 rings (SSSR count). The first-order valence-corrected chi connectivity index (χ1v) is 7.39. The number of nitrogens with two attached hydrogens (primary N) is 1. The molecule has 5 heteroatoms. The molecule has 3 nitrogen and oxygen atoms in total. The first kappa shape index (κ1) is 14.1. The van der Waals surface area contributed by atoms with Crippen LogP contribution in [0.2, 0.25) is 0 Å². The van der Waals surface area contributed by atoms with E-state index < -0.39 is 0 Å². The topological polar surface area (TPSA) is 42.2 Å². The number of hydrogen-bond acceptors (Lipinski definition) is 4. The molecule has 0 aliphatic carbocycles. The minimum atomic E-state index is 0.350. The summed E-state index contributed by atoms with van der Waals surface area (Å²) in [7, 11) is 2.12. The molecule has 0 unspecified atom stereocenters. The lowest BCUT2D eigenvalue weighted by molar-refractivity contribution is 0.332. The van der Waals surface area contributed by atoms with Crippen molar-refractivity contribution in [1.29, 1.82) is 0 Å². The van der Waals surface area contributed by atoms with Crippen LogP contribution in [0, 0.1) is 0 Å². The Balaban J connectivity index is 1.89. The molecule has 100 valence electrons. The second kappa shape index (κ2) is 6.75. The quantitative estimate of drug-likeness (QED) is 0.830. The molecular weight excluding hydrogens is 274 g/mol. The molecule has 2 aromatic heterocycles. The van der Waals surface area contributed by atoms with Gasteiger partial charge in [0.1, 0.15) is 4.99 Å². The number of thiocarbonyl (C=S) groups is 1. The molecule has 0 saturated heterocycles. The zero-order valence-electron chi connectivity index (χ0n) is 10.9. The summed E-state index contributed by atoms with van der Waals surface area (Å²) in [5.74, 6) is 0. The van der Waals surface area contributed by atoms with Gasteiger partial charge in [-0.1, -0.05) is 18.3 Å². The van der Waals surface area contributed by atoms with Gasteiger partial charge in [0.15, 0.2) is 0 Å². The average molecular weight is 291 g/mol. The van der Waals surface area contributed by atoms with Crippen molar-refractivity contribution in [3.63, 3.8) is 0 Å². The Morgan fingerprint density at radius 2 is 2.32 bits per heavy atom. The lowest BCUT2D eigenvalue weighted by atomic mass is 10.2. The van der Waals surface area contributed by atoms with Crippen molar-refractivity contribution >= 4 is 28.5 Å². The van der Waals surface area contributed by atoms with Gasteiger partial charge in [0.05, 0.1) is 5.69 Å². The standard InChI is InChI=1S/C14H17N3S2/c1-17(7-5-12-3-2-8-19-12)10-11-4-6-16-13(9-11)14(15)18/h2-4,6,8-9H,5,7,10H2,1H3,(H2,15,18). The summed E-state index contributed by atoms with van der Waals surface area (Å²) in [6, 6.07) is 8.24. The lowest BCUT2D eigenvalue weighted by Crippen LogP contribution is -2.21. The minimum absolute atomic E-state index is 0.350. The van der Waals surface area contributed by atoms with Gasteiger partial charge in [-0.15, -0.1) is 11.3 Å². The highest BCUT2D eigenvalue weighted by Crippen LogP contribution is 2.11. The molecule has 0 aliphatic heterocycles. The van der Waals surface area contributed by atoms with Gasteiger partial charge in [-0.25, -0.2) is 0 Å². The summed E-state index contributed by atoms with van der Waals surface area (Å²) >= 11 is 6.75. The van der Waals surface area contributed by atoms with E-state index in [0.29, 0.717) is 10.7 Å². The maximum atomic E-state index is 5.59. The minimum Gasteiger partial charge on any atom is -0.388 e. The van der Waals surface area contributed by atoms with Crippen LogP contribution in [0.3, 0.4) is 0 Å². The summed E-state index contributed by atoms with van der Waals surface area (Å²) in [6.45, 7) is 1.91. The van der Waals surface area contributed by atoms with Gasteiger partial charge >= 0.3 is 0 Å². The van der Waals surface area contributed by atoms with E-state index in [4.69, 9.17) is 18.0 Å². The molecule has 0 aliphatic rings. The predicted molar refractivity (Wildman–Crippen MR) is 84.5 cm³/mol. The smallest absolute Gasteiger partial charge is 0.122 e. The Morgan fingerprint density at radius 1 is 1.47 bits per heavy atom. The van der Waals surface area contributed by atoms with Crippen LogP contribution in [-0.4, -0.2) is 28.5 Å². The van der Waals surface area contributed by atoms with Crippen LogP contribution < -0.4 is 5.73 Å². The van der Waals surface area contributed by atoms with E-state index in [2.05, 4.69) is 34.4 Å². The molecule has 2 aromatic rings. The number of nitrogens with zero attached hydrogens (tertiary/aromatic N) is 2. The molecule has 0 fully saturated rings. The molecule has 2 N–H and O–H groups in total. The molecule has 0 bridgehead atoms. The number of hydrogen-bond donors (Lipinski definition) is 1. The molecule has 0 aromatic carbocycles. The highest BCUT2D eigenvalue weighted by atomic mass is 32.1. The molecular formula is C14H17N3S2. The van der Waals surface area contributed by atoms with Crippen molar-refractivity contribution in [3.05, 3.63) is 52.0 Å². The molecule has 0 atom stereocenters. The maximum absolute atomic E-state index is 5.59. The van der Waals surface area contributed by atoms with Gasteiger partial charge in [0.2, 0.25) is 0 Å². The van der Waals surface area contributed by atoms with Gasteiger partial charge in [-0.05, 0) is 42.6 Å². The zero-order chi connectivity index (χ0) is 13.7. The summed E-state index contributed by atoms with van der Waals surface area (Å²) in [5.41, 5.74) is 7.47. The summed E-state index contributed by atoms with van der Waals surface area (Å²) in [6.07, 6.45) is 2.85. The molecule has 19 heavy (non-hydrogen) atoms. The second-order valence-corrected chi connectivity index (χ2v) is 5.95. The molecule has 2 heterocycles. The van der Waals surface area contributed by atoms with Gasteiger partial charge in [0.25, 0.3) is 0 Å². The van der Waals surface area contributed by atoms with Crippen LogP contribution in [0.4, 0.5) is 0 Å². The van der Waals surface area contributed by atoms with Crippen LogP contribution in [0.5, 0.6) is 0 Å². The van der Waals surface area contributed by atoms with E-state index in [1.807, 2.05) is 23.5 Å². The van der Waals surface area contributed by atoms with E-state index in [1.54, 1.807) is 6.20 Å². The van der Waals surface area contributed by atoms with Crippen molar-refractivity contribution in [2.75, 3.05) is 13.6 Å². The Kier molecular flexibility index (Phi) is 5.01. The number of rotatable bonds is 6. The Labute approximate surface area is 123 Å². The van der Waals surface area contributed by atoms with Crippen LogP contribution in [0.25, 0.3) is 0 Å². The number of aromatic nitrogens is 1. The molecule has 0 spiro atoms. The number of thiophene rings is 1. The first-order valence-electron chi connectivity index (χ1n) is 6.11. The highest BCUT2D eigenvalue weighted by molar-refractivity contribution is 7.80.